The molecule has 1 aromatic heterocycles. The molecule has 3 aliphatic rings. The summed E-state index contributed by atoms with van der Waals surface area (Å²) in [6.45, 7) is 4.21. The largest absolute Gasteiger partial charge is 0.492 e. The van der Waals surface area contributed by atoms with E-state index < -0.39 is 0 Å². The molecule has 2 aliphatic heterocycles. The van der Waals surface area contributed by atoms with Crippen molar-refractivity contribution in [1.82, 2.24) is 10.1 Å². The lowest BCUT2D eigenvalue weighted by atomic mass is 9.87. The second-order valence-electron chi connectivity index (χ2n) is 6.67. The molecule has 6 heteroatoms. The first kappa shape index (κ1) is 15.1. The van der Waals surface area contributed by atoms with Crippen LogP contribution in [0.15, 0.2) is 63.5 Å². The SMILES string of the molecule is Cc1noc(C)c1C1C=CC2=NC(=O)N3C2=C1OCC3c1ccccc1. The Labute approximate surface area is 150 Å². The summed E-state index contributed by atoms with van der Waals surface area (Å²) < 4.78 is 11.5. The molecule has 1 aromatic carbocycles. The first-order chi connectivity index (χ1) is 12.6. The highest BCUT2D eigenvalue weighted by Gasteiger charge is 2.45. The normalized spacial score (nSPS) is 23.8. The summed E-state index contributed by atoms with van der Waals surface area (Å²) in [5.41, 5.74) is 4.28. The number of carbonyl (C=O) groups excluding carboxylic acids is 1. The Hall–Kier alpha value is -3.15. The second kappa shape index (κ2) is 5.42. The van der Waals surface area contributed by atoms with Crippen LogP contribution in [-0.2, 0) is 4.74 Å². The third-order valence-electron chi connectivity index (χ3n) is 5.16. The maximum Gasteiger partial charge on any atom is 0.349 e. The number of urea groups is 1. The van der Waals surface area contributed by atoms with Crippen LogP contribution in [0.5, 0.6) is 0 Å². The van der Waals surface area contributed by atoms with E-state index in [1.165, 1.54) is 0 Å². The van der Waals surface area contributed by atoms with E-state index in [2.05, 4.69) is 10.1 Å². The van der Waals surface area contributed by atoms with Crippen LogP contribution >= 0.6 is 0 Å². The Kier molecular flexibility index (Phi) is 3.16. The number of amides is 2. The van der Waals surface area contributed by atoms with Crippen molar-refractivity contribution in [3.05, 3.63) is 76.5 Å². The molecule has 2 amide bonds. The van der Waals surface area contributed by atoms with Crippen molar-refractivity contribution >= 4 is 11.7 Å². The average Bonchev–Trinajstić information content (AvgIpc) is 3.17. The number of hydrogen-bond acceptors (Lipinski definition) is 4. The fraction of sp³-hybridized carbons (Fsp3) is 0.250. The first-order valence-electron chi connectivity index (χ1n) is 8.60. The van der Waals surface area contributed by atoms with E-state index in [0.29, 0.717) is 12.3 Å². The smallest absolute Gasteiger partial charge is 0.349 e. The van der Waals surface area contributed by atoms with E-state index in [0.717, 1.165) is 34.0 Å². The number of allylic oxidation sites excluding steroid dienone is 2. The Balaban J connectivity index is 1.63. The predicted octanol–water partition coefficient (Wildman–Crippen LogP) is 3.80. The lowest BCUT2D eigenvalue weighted by Gasteiger charge is -2.37. The van der Waals surface area contributed by atoms with Gasteiger partial charge >= 0.3 is 6.03 Å². The van der Waals surface area contributed by atoms with E-state index in [-0.39, 0.29) is 18.0 Å². The number of aromatic nitrogens is 1. The van der Waals surface area contributed by atoms with E-state index >= 15 is 0 Å². The number of aliphatic imine (C=N–C) groups is 1. The molecule has 26 heavy (non-hydrogen) atoms. The molecule has 0 saturated carbocycles. The highest BCUT2D eigenvalue weighted by molar-refractivity contribution is 6.19. The van der Waals surface area contributed by atoms with Crippen LogP contribution in [0.3, 0.4) is 0 Å². The first-order valence-corrected chi connectivity index (χ1v) is 8.60. The van der Waals surface area contributed by atoms with Crippen molar-refractivity contribution in [3.63, 3.8) is 0 Å². The van der Waals surface area contributed by atoms with Gasteiger partial charge in [0.25, 0.3) is 0 Å². The molecule has 0 N–H and O–H groups in total. The van der Waals surface area contributed by atoms with Crippen molar-refractivity contribution in [2.45, 2.75) is 25.8 Å². The summed E-state index contributed by atoms with van der Waals surface area (Å²) in [4.78, 5) is 18.6. The summed E-state index contributed by atoms with van der Waals surface area (Å²) in [5.74, 6) is 1.38. The molecule has 2 unspecified atom stereocenters. The van der Waals surface area contributed by atoms with Crippen LogP contribution in [0, 0.1) is 13.8 Å². The second-order valence-corrected chi connectivity index (χ2v) is 6.67. The quantitative estimate of drug-likeness (QED) is 0.828. The molecule has 5 rings (SSSR count). The Morgan fingerprint density at radius 1 is 1.19 bits per heavy atom. The van der Waals surface area contributed by atoms with Gasteiger partial charge in [0.15, 0.2) is 0 Å². The molecule has 0 fully saturated rings. The Morgan fingerprint density at radius 2 is 2.00 bits per heavy atom. The summed E-state index contributed by atoms with van der Waals surface area (Å²) in [6, 6.07) is 9.49. The number of benzene rings is 1. The minimum absolute atomic E-state index is 0.125. The zero-order chi connectivity index (χ0) is 17.8. The number of carbonyl (C=O) groups is 1. The van der Waals surface area contributed by atoms with E-state index in [1.807, 2.05) is 56.3 Å². The van der Waals surface area contributed by atoms with Gasteiger partial charge in [-0.1, -0.05) is 41.6 Å². The van der Waals surface area contributed by atoms with Gasteiger partial charge in [-0.25, -0.2) is 4.79 Å². The molecule has 0 spiro atoms. The number of aryl methyl sites for hydroxylation is 2. The molecule has 3 heterocycles. The van der Waals surface area contributed by atoms with Crippen molar-refractivity contribution in [2.24, 2.45) is 4.99 Å². The average molecular weight is 347 g/mol. The zero-order valence-corrected chi connectivity index (χ0v) is 14.5. The van der Waals surface area contributed by atoms with E-state index in [1.54, 1.807) is 4.90 Å². The van der Waals surface area contributed by atoms with Crippen molar-refractivity contribution in [2.75, 3.05) is 6.61 Å². The van der Waals surface area contributed by atoms with Gasteiger partial charge in [0, 0.05) is 5.56 Å². The standard InChI is InChI=1S/C20H17N3O3/c1-11-17(12(2)26-22-11)14-8-9-15-18-19(14)25-10-16(23(18)20(24)21-15)13-6-4-3-5-7-13/h3-9,14,16H,10H2,1-2H3. The van der Waals surface area contributed by atoms with Crippen LogP contribution < -0.4 is 0 Å². The molecule has 2 atom stereocenters. The molecule has 0 saturated heterocycles. The van der Waals surface area contributed by atoms with Crippen molar-refractivity contribution < 1.29 is 14.1 Å². The van der Waals surface area contributed by atoms with Gasteiger partial charge < -0.3 is 9.26 Å². The third-order valence-corrected chi connectivity index (χ3v) is 5.16. The van der Waals surface area contributed by atoms with E-state index in [9.17, 15) is 4.79 Å². The summed E-state index contributed by atoms with van der Waals surface area (Å²) in [6.07, 6.45) is 3.90. The summed E-state index contributed by atoms with van der Waals surface area (Å²) >= 11 is 0. The number of hydrogen-bond donors (Lipinski definition) is 0. The molecule has 1 aliphatic carbocycles. The van der Waals surface area contributed by atoms with Gasteiger partial charge in [0.1, 0.15) is 23.8 Å². The molecular formula is C20H17N3O3. The van der Waals surface area contributed by atoms with Crippen LogP contribution in [0.25, 0.3) is 0 Å². The van der Waals surface area contributed by atoms with Crippen molar-refractivity contribution in [1.29, 1.82) is 0 Å². The Morgan fingerprint density at radius 3 is 2.73 bits per heavy atom. The van der Waals surface area contributed by atoms with Crippen LogP contribution in [0.2, 0.25) is 0 Å². The van der Waals surface area contributed by atoms with Gasteiger partial charge in [-0.05, 0) is 25.5 Å². The van der Waals surface area contributed by atoms with Crippen molar-refractivity contribution in [3.8, 4) is 0 Å². The fourth-order valence-corrected chi connectivity index (χ4v) is 3.98. The molecular weight excluding hydrogens is 330 g/mol. The monoisotopic (exact) mass is 347 g/mol. The molecule has 130 valence electrons. The number of nitrogens with zero attached hydrogens (tertiary/aromatic N) is 3. The van der Waals surface area contributed by atoms with Gasteiger partial charge in [0.2, 0.25) is 0 Å². The molecule has 2 aromatic rings. The van der Waals surface area contributed by atoms with Gasteiger partial charge in [0.05, 0.1) is 23.4 Å². The molecule has 0 radical (unpaired) electrons. The predicted molar refractivity (Wildman–Crippen MR) is 94.7 cm³/mol. The molecule has 6 nitrogen and oxygen atoms in total. The van der Waals surface area contributed by atoms with E-state index in [4.69, 9.17) is 9.26 Å². The number of ether oxygens (including phenoxy) is 1. The number of rotatable bonds is 2. The summed E-state index contributed by atoms with van der Waals surface area (Å²) in [5, 5.41) is 4.06. The fourth-order valence-electron chi connectivity index (χ4n) is 3.98. The van der Waals surface area contributed by atoms with Gasteiger partial charge in [-0.2, -0.15) is 4.99 Å². The van der Waals surface area contributed by atoms with Crippen LogP contribution in [0.4, 0.5) is 4.79 Å². The van der Waals surface area contributed by atoms with Crippen LogP contribution in [-0.4, -0.2) is 28.4 Å². The maximum absolute atomic E-state index is 12.6. The lowest BCUT2D eigenvalue weighted by Crippen LogP contribution is -2.39. The lowest BCUT2D eigenvalue weighted by molar-refractivity contribution is 0.0941. The van der Waals surface area contributed by atoms with Gasteiger partial charge in [-0.15, -0.1) is 0 Å². The highest BCUT2D eigenvalue weighted by Crippen LogP contribution is 2.45. The highest BCUT2D eigenvalue weighted by atomic mass is 16.5. The minimum atomic E-state index is -0.242. The summed E-state index contributed by atoms with van der Waals surface area (Å²) in [7, 11) is 0. The zero-order valence-electron chi connectivity index (χ0n) is 14.5. The topological polar surface area (TPSA) is 67.9 Å². The minimum Gasteiger partial charge on any atom is -0.492 e. The van der Waals surface area contributed by atoms with Gasteiger partial charge in [-0.3, -0.25) is 4.90 Å². The van der Waals surface area contributed by atoms with Crippen LogP contribution in [0.1, 0.15) is 34.5 Å². The maximum atomic E-state index is 12.6. The third kappa shape index (κ3) is 2.02. The molecule has 0 bridgehead atoms. The Bertz CT molecular complexity index is 981.